The standard InChI is InChI=1S/C13H15ClN2O5/c1-13(2,3)10(12(18)19)15-11(17)7-4-8(14)6-9(5-7)16(20)21/h4-6,10H,1-3H3,(H,15,17)(H,18,19)/t10-/m0/s1. The van der Waals surface area contributed by atoms with Gasteiger partial charge in [0.15, 0.2) is 0 Å². The summed E-state index contributed by atoms with van der Waals surface area (Å²) in [6, 6.07) is 2.26. The van der Waals surface area contributed by atoms with E-state index in [1.165, 1.54) is 6.07 Å². The zero-order valence-corrected chi connectivity index (χ0v) is 12.5. The van der Waals surface area contributed by atoms with Crippen molar-refractivity contribution in [3.63, 3.8) is 0 Å². The van der Waals surface area contributed by atoms with Crippen LogP contribution >= 0.6 is 11.6 Å². The first-order valence-electron chi connectivity index (χ1n) is 6.01. The monoisotopic (exact) mass is 314 g/mol. The number of carbonyl (C=O) groups is 2. The van der Waals surface area contributed by atoms with E-state index in [-0.39, 0.29) is 16.3 Å². The van der Waals surface area contributed by atoms with Gasteiger partial charge in [0.25, 0.3) is 11.6 Å². The summed E-state index contributed by atoms with van der Waals surface area (Å²) in [5.74, 6) is -1.92. The second-order valence-electron chi connectivity index (χ2n) is 5.57. The van der Waals surface area contributed by atoms with Crippen molar-refractivity contribution in [3.8, 4) is 0 Å². The van der Waals surface area contributed by atoms with Crippen LogP contribution in [0.15, 0.2) is 18.2 Å². The van der Waals surface area contributed by atoms with Gasteiger partial charge in [0, 0.05) is 22.7 Å². The number of non-ortho nitro benzene ring substituents is 1. The summed E-state index contributed by atoms with van der Waals surface area (Å²) in [7, 11) is 0. The van der Waals surface area contributed by atoms with E-state index in [1.807, 2.05) is 0 Å². The van der Waals surface area contributed by atoms with Gasteiger partial charge < -0.3 is 10.4 Å². The molecule has 1 aromatic rings. The maximum atomic E-state index is 12.1. The lowest BCUT2D eigenvalue weighted by Gasteiger charge is -2.27. The summed E-state index contributed by atoms with van der Waals surface area (Å²) in [4.78, 5) is 33.3. The van der Waals surface area contributed by atoms with Gasteiger partial charge in [0.05, 0.1) is 4.92 Å². The molecule has 21 heavy (non-hydrogen) atoms. The Labute approximate surface area is 126 Å². The number of carbonyl (C=O) groups excluding carboxylic acids is 1. The number of nitro groups is 1. The van der Waals surface area contributed by atoms with Gasteiger partial charge in [0.1, 0.15) is 6.04 Å². The van der Waals surface area contributed by atoms with Crippen LogP contribution in [0.1, 0.15) is 31.1 Å². The minimum Gasteiger partial charge on any atom is -0.480 e. The van der Waals surface area contributed by atoms with Gasteiger partial charge in [0.2, 0.25) is 0 Å². The molecule has 2 N–H and O–H groups in total. The number of aliphatic carboxylic acids is 1. The highest BCUT2D eigenvalue weighted by molar-refractivity contribution is 6.31. The highest BCUT2D eigenvalue weighted by Crippen LogP contribution is 2.23. The Kier molecular flexibility index (Phi) is 4.90. The molecule has 0 radical (unpaired) electrons. The van der Waals surface area contributed by atoms with Gasteiger partial charge in [-0.1, -0.05) is 32.4 Å². The van der Waals surface area contributed by atoms with Crippen LogP contribution in [0.3, 0.4) is 0 Å². The molecule has 0 unspecified atom stereocenters. The zero-order valence-electron chi connectivity index (χ0n) is 11.7. The number of nitrogens with zero attached hydrogens (tertiary/aromatic N) is 1. The Morgan fingerprint density at radius 2 is 1.90 bits per heavy atom. The third-order valence-electron chi connectivity index (χ3n) is 2.74. The molecule has 0 aliphatic heterocycles. The fourth-order valence-electron chi connectivity index (χ4n) is 1.67. The second kappa shape index (κ2) is 6.09. The second-order valence-corrected chi connectivity index (χ2v) is 6.00. The normalized spacial score (nSPS) is 12.6. The maximum absolute atomic E-state index is 12.1. The lowest BCUT2D eigenvalue weighted by Crippen LogP contribution is -2.49. The number of nitrogens with one attached hydrogen (secondary N) is 1. The van der Waals surface area contributed by atoms with E-state index in [4.69, 9.17) is 16.7 Å². The molecule has 0 heterocycles. The Balaban J connectivity index is 3.09. The van der Waals surface area contributed by atoms with E-state index in [0.717, 1.165) is 12.1 Å². The van der Waals surface area contributed by atoms with Crippen molar-refractivity contribution in [1.29, 1.82) is 0 Å². The summed E-state index contributed by atoms with van der Waals surface area (Å²) in [6.45, 7) is 4.98. The molecule has 8 heteroatoms. The number of amides is 1. The third-order valence-corrected chi connectivity index (χ3v) is 2.96. The van der Waals surface area contributed by atoms with E-state index in [9.17, 15) is 19.7 Å². The minimum absolute atomic E-state index is 0.0250. The molecule has 0 aromatic heterocycles. The van der Waals surface area contributed by atoms with E-state index in [2.05, 4.69) is 5.32 Å². The van der Waals surface area contributed by atoms with Crippen LogP contribution in [-0.2, 0) is 4.79 Å². The molecule has 1 rings (SSSR count). The Hall–Kier alpha value is -2.15. The highest BCUT2D eigenvalue weighted by Gasteiger charge is 2.33. The zero-order chi connectivity index (χ0) is 16.4. The molecule has 114 valence electrons. The summed E-state index contributed by atoms with van der Waals surface area (Å²) in [5.41, 5.74) is -1.12. The first-order chi connectivity index (χ1) is 9.52. The van der Waals surface area contributed by atoms with Gasteiger partial charge >= 0.3 is 5.97 Å². The van der Waals surface area contributed by atoms with Crippen molar-refractivity contribution in [2.24, 2.45) is 5.41 Å². The molecule has 1 aromatic carbocycles. The molecule has 0 aliphatic carbocycles. The molecule has 1 atom stereocenters. The number of nitro benzene ring substituents is 1. The topological polar surface area (TPSA) is 110 Å². The van der Waals surface area contributed by atoms with Gasteiger partial charge in [-0.05, 0) is 11.5 Å². The van der Waals surface area contributed by atoms with Crippen molar-refractivity contribution in [1.82, 2.24) is 5.32 Å². The number of hydrogen-bond donors (Lipinski definition) is 2. The molecular formula is C13H15ClN2O5. The quantitative estimate of drug-likeness (QED) is 0.655. The fraction of sp³-hybridized carbons (Fsp3) is 0.385. The predicted octanol–water partition coefficient (Wildman–Crippen LogP) is 2.48. The van der Waals surface area contributed by atoms with Crippen LogP contribution in [0.2, 0.25) is 5.02 Å². The molecule has 0 fully saturated rings. The average Bonchev–Trinajstić information content (AvgIpc) is 2.32. The van der Waals surface area contributed by atoms with Gasteiger partial charge in [-0.25, -0.2) is 4.79 Å². The molecule has 7 nitrogen and oxygen atoms in total. The summed E-state index contributed by atoms with van der Waals surface area (Å²) >= 11 is 5.73. The van der Waals surface area contributed by atoms with Crippen LogP contribution in [0.5, 0.6) is 0 Å². The molecule has 0 saturated heterocycles. The van der Waals surface area contributed by atoms with Crippen LogP contribution in [0.25, 0.3) is 0 Å². The van der Waals surface area contributed by atoms with E-state index in [1.54, 1.807) is 20.8 Å². The molecule has 0 spiro atoms. The summed E-state index contributed by atoms with van der Waals surface area (Å²) < 4.78 is 0. The number of carboxylic acids is 1. The van der Waals surface area contributed by atoms with Crippen molar-refractivity contribution >= 4 is 29.2 Å². The van der Waals surface area contributed by atoms with Crippen molar-refractivity contribution in [2.75, 3.05) is 0 Å². The first-order valence-corrected chi connectivity index (χ1v) is 6.39. The van der Waals surface area contributed by atoms with E-state index >= 15 is 0 Å². The highest BCUT2D eigenvalue weighted by atomic mass is 35.5. The van der Waals surface area contributed by atoms with Crippen LogP contribution in [0, 0.1) is 15.5 Å². The Morgan fingerprint density at radius 1 is 1.33 bits per heavy atom. The lowest BCUT2D eigenvalue weighted by atomic mass is 9.86. The SMILES string of the molecule is CC(C)(C)[C@@H](NC(=O)c1cc(Cl)cc([N+](=O)[O-])c1)C(=O)O. The first kappa shape index (κ1) is 16.9. The molecule has 0 bridgehead atoms. The van der Waals surface area contributed by atoms with Crippen LogP contribution in [-0.4, -0.2) is 27.9 Å². The largest absolute Gasteiger partial charge is 0.480 e. The molecule has 1 amide bonds. The number of halogens is 1. The Morgan fingerprint density at radius 3 is 2.33 bits per heavy atom. The summed E-state index contributed by atoms with van der Waals surface area (Å²) in [6.07, 6.45) is 0. The van der Waals surface area contributed by atoms with Crippen molar-refractivity contribution in [2.45, 2.75) is 26.8 Å². The number of hydrogen-bond acceptors (Lipinski definition) is 4. The van der Waals surface area contributed by atoms with Crippen LogP contribution in [0.4, 0.5) is 5.69 Å². The number of carboxylic acid groups (broad SMARTS) is 1. The third kappa shape index (κ3) is 4.42. The lowest BCUT2D eigenvalue weighted by molar-refractivity contribution is -0.384. The Bertz CT molecular complexity index is 595. The molecular weight excluding hydrogens is 300 g/mol. The molecule has 0 aliphatic rings. The van der Waals surface area contributed by atoms with Crippen molar-refractivity contribution in [3.05, 3.63) is 38.9 Å². The average molecular weight is 315 g/mol. The van der Waals surface area contributed by atoms with Gasteiger partial charge in [-0.3, -0.25) is 14.9 Å². The van der Waals surface area contributed by atoms with E-state index < -0.39 is 28.3 Å². The smallest absolute Gasteiger partial charge is 0.326 e. The van der Waals surface area contributed by atoms with Crippen LogP contribution < -0.4 is 5.32 Å². The van der Waals surface area contributed by atoms with E-state index in [0.29, 0.717) is 0 Å². The predicted molar refractivity (Wildman–Crippen MR) is 76.5 cm³/mol. The minimum atomic E-state index is -1.19. The fourth-order valence-corrected chi connectivity index (χ4v) is 1.90. The number of rotatable bonds is 4. The van der Waals surface area contributed by atoms with Gasteiger partial charge in [-0.15, -0.1) is 0 Å². The molecule has 0 saturated carbocycles. The number of benzene rings is 1. The summed E-state index contributed by atoms with van der Waals surface area (Å²) in [5, 5.41) is 22.3. The van der Waals surface area contributed by atoms with Crippen molar-refractivity contribution < 1.29 is 19.6 Å². The van der Waals surface area contributed by atoms with Gasteiger partial charge in [-0.2, -0.15) is 0 Å². The maximum Gasteiger partial charge on any atom is 0.326 e.